The Morgan fingerprint density at radius 2 is 1.42 bits per heavy atom. The summed E-state index contributed by atoms with van der Waals surface area (Å²) in [5.74, 6) is -12.0. The van der Waals surface area contributed by atoms with E-state index in [1.54, 1.807) is 24.3 Å². The first-order valence-corrected chi connectivity index (χ1v) is 20.3. The zero-order valence-electron chi connectivity index (χ0n) is 33.4. The minimum absolute atomic E-state index is 0.0364. The number of likely N-dealkylation sites (tertiary alicyclic amines) is 1. The number of carbonyl (C=O) groups is 2. The number of amides is 2. The molecule has 3 fully saturated rings. The molecule has 4 aromatic rings. The van der Waals surface area contributed by atoms with Crippen molar-refractivity contribution in [1.82, 2.24) is 15.5 Å². The number of aliphatic hydroxyl groups is 1. The fourth-order valence-corrected chi connectivity index (χ4v) is 8.84. The number of carbonyl (C=O) groups excluding carboxylic acids is 2. The van der Waals surface area contributed by atoms with Crippen LogP contribution in [0.4, 0.5) is 22.0 Å². The van der Waals surface area contributed by atoms with Gasteiger partial charge in [-0.3, -0.25) is 14.5 Å². The molecule has 6 atom stereocenters. The first kappa shape index (κ1) is 42.4. The molecule has 3 aliphatic rings. The molecule has 0 unspecified atom stereocenters. The summed E-state index contributed by atoms with van der Waals surface area (Å²) in [6.07, 6.45) is 5.46. The van der Waals surface area contributed by atoms with E-state index in [1.165, 1.54) is 6.42 Å². The van der Waals surface area contributed by atoms with Crippen molar-refractivity contribution in [2.75, 3.05) is 6.54 Å². The predicted molar refractivity (Wildman–Crippen MR) is 211 cm³/mol. The van der Waals surface area contributed by atoms with Crippen LogP contribution >= 0.6 is 0 Å². The third kappa shape index (κ3) is 9.38. The molecule has 314 valence electrons. The highest BCUT2D eigenvalue weighted by molar-refractivity contribution is 5.95. The molecule has 7 rings (SSSR count). The third-order valence-electron chi connectivity index (χ3n) is 11.7. The normalized spacial score (nSPS) is 23.7. The number of nitrogens with zero attached hydrogens (tertiary/aromatic N) is 1. The van der Waals surface area contributed by atoms with Gasteiger partial charge in [-0.05, 0) is 80.2 Å². The Hall–Kier alpha value is -4.69. The smallest absolute Gasteiger partial charge is 0.257 e. The number of piperidine rings is 1. The van der Waals surface area contributed by atoms with Crippen molar-refractivity contribution in [2.45, 2.75) is 115 Å². The number of hydrogen-bond acceptors (Lipinski definition) is 6. The summed E-state index contributed by atoms with van der Waals surface area (Å²) in [6, 6.07) is 22.0. The molecule has 2 aliphatic heterocycles. The molecule has 1 saturated carbocycles. The number of ether oxygens (including phenoxy) is 2. The molecule has 2 saturated heterocycles. The van der Waals surface area contributed by atoms with Gasteiger partial charge in [-0.25, -0.2) is 22.0 Å². The maximum atomic E-state index is 14.3. The molecule has 1 aliphatic carbocycles. The summed E-state index contributed by atoms with van der Waals surface area (Å²) in [4.78, 5) is 28.9. The summed E-state index contributed by atoms with van der Waals surface area (Å²) in [6.45, 7) is 6.19. The molecule has 0 bridgehead atoms. The van der Waals surface area contributed by atoms with Crippen LogP contribution in [0.5, 0.6) is 0 Å². The quantitative estimate of drug-likeness (QED) is 0.0840. The van der Waals surface area contributed by atoms with Gasteiger partial charge in [-0.1, -0.05) is 85.6 Å². The van der Waals surface area contributed by atoms with Crippen molar-refractivity contribution in [3.05, 3.63) is 130 Å². The number of benzene rings is 4. The van der Waals surface area contributed by atoms with Crippen molar-refractivity contribution in [2.24, 2.45) is 5.92 Å². The van der Waals surface area contributed by atoms with Gasteiger partial charge in [0.05, 0.1) is 24.9 Å². The van der Waals surface area contributed by atoms with Gasteiger partial charge in [0, 0.05) is 36.7 Å². The number of fused-ring (bicyclic) bond motifs is 1. The van der Waals surface area contributed by atoms with Gasteiger partial charge < -0.3 is 25.2 Å². The highest BCUT2D eigenvalue weighted by Gasteiger charge is 2.44. The highest BCUT2D eigenvalue weighted by Crippen LogP contribution is 2.42. The van der Waals surface area contributed by atoms with Crippen LogP contribution < -0.4 is 10.6 Å². The van der Waals surface area contributed by atoms with Crippen LogP contribution in [0, 0.1) is 35.0 Å². The summed E-state index contributed by atoms with van der Waals surface area (Å²) >= 11 is 0. The van der Waals surface area contributed by atoms with Crippen molar-refractivity contribution < 1.29 is 46.1 Å². The Kier molecular flexibility index (Phi) is 12.9. The second kappa shape index (κ2) is 17.9. The Balaban J connectivity index is 1.13. The fraction of sp³-hybridized carbons (Fsp3) is 0.435. The number of nitrogens with one attached hydrogen (secondary N) is 2. The summed E-state index contributed by atoms with van der Waals surface area (Å²) in [5, 5.41) is 15.2. The maximum absolute atomic E-state index is 14.3. The van der Waals surface area contributed by atoms with Crippen LogP contribution in [0.15, 0.2) is 72.8 Å². The van der Waals surface area contributed by atoms with E-state index >= 15 is 0 Å². The van der Waals surface area contributed by atoms with E-state index in [0.717, 1.165) is 54.4 Å². The molecule has 0 radical (unpaired) electrons. The molecule has 3 N–H and O–H groups in total. The van der Waals surface area contributed by atoms with E-state index in [9.17, 15) is 36.6 Å². The van der Waals surface area contributed by atoms with Gasteiger partial charge >= 0.3 is 0 Å². The van der Waals surface area contributed by atoms with E-state index in [0.29, 0.717) is 30.0 Å². The minimum Gasteiger partial charge on any atom is -0.392 e. The predicted octanol–water partition coefficient (Wildman–Crippen LogP) is 8.95. The first-order chi connectivity index (χ1) is 28.2. The Morgan fingerprint density at radius 3 is 2.10 bits per heavy atom. The fourth-order valence-electron chi connectivity index (χ4n) is 8.84. The molecule has 2 heterocycles. The van der Waals surface area contributed by atoms with E-state index in [-0.39, 0.29) is 48.9 Å². The Morgan fingerprint density at radius 1 is 0.780 bits per heavy atom. The summed E-state index contributed by atoms with van der Waals surface area (Å²) in [7, 11) is 0. The number of rotatable bonds is 10. The lowest BCUT2D eigenvalue weighted by Crippen LogP contribution is -2.61. The largest absolute Gasteiger partial charge is 0.392 e. The number of hydrogen-bond donors (Lipinski definition) is 3. The second-order valence-corrected chi connectivity index (χ2v) is 16.9. The molecule has 13 heteroatoms. The average molecular weight is 820 g/mol. The molecular weight excluding hydrogens is 770 g/mol. The third-order valence-corrected chi connectivity index (χ3v) is 11.7. The summed E-state index contributed by atoms with van der Waals surface area (Å²) < 4.78 is 83.3. The second-order valence-electron chi connectivity index (χ2n) is 16.9. The Labute approximate surface area is 341 Å². The highest BCUT2D eigenvalue weighted by atomic mass is 19.2. The zero-order chi connectivity index (χ0) is 42.0. The van der Waals surface area contributed by atoms with Crippen molar-refractivity contribution >= 4 is 11.8 Å². The average Bonchev–Trinajstić information content (AvgIpc) is 3.24. The van der Waals surface area contributed by atoms with E-state index in [4.69, 9.17) is 9.47 Å². The van der Waals surface area contributed by atoms with Gasteiger partial charge in [0.25, 0.3) is 5.91 Å². The van der Waals surface area contributed by atoms with Crippen LogP contribution in [0.2, 0.25) is 0 Å². The maximum Gasteiger partial charge on any atom is 0.257 e. The van der Waals surface area contributed by atoms with Gasteiger partial charge in [0.1, 0.15) is 5.56 Å². The van der Waals surface area contributed by atoms with Crippen LogP contribution in [0.25, 0.3) is 11.1 Å². The Bertz CT molecular complexity index is 2120. The lowest BCUT2D eigenvalue weighted by molar-refractivity contribution is -0.255. The van der Waals surface area contributed by atoms with Crippen LogP contribution in [-0.2, 0) is 27.4 Å². The van der Waals surface area contributed by atoms with E-state index in [2.05, 4.69) is 15.5 Å². The van der Waals surface area contributed by atoms with Crippen molar-refractivity contribution in [3.8, 4) is 11.1 Å². The van der Waals surface area contributed by atoms with Crippen LogP contribution in [-0.4, -0.2) is 52.1 Å². The van der Waals surface area contributed by atoms with Crippen LogP contribution in [0.3, 0.4) is 0 Å². The number of aliphatic hydroxyl groups excluding tert-OH is 1. The SMILES string of the molecule is CC(C)(C)NC(=O)[C@H]1CC[C@H]2CCCC[C@H]2N1C[C@@H]1C[C@H](c2ccc(CO)cc2)O[C@H](c2ccc(-c3ccccc3CNC(=O)c3c(F)c(F)c(F)c(F)c3F)cc2)O1. The van der Waals surface area contributed by atoms with Gasteiger partial charge in [-0.15, -0.1) is 0 Å². The molecule has 0 spiro atoms. The number of halogens is 5. The van der Waals surface area contributed by atoms with Gasteiger partial charge in [0.15, 0.2) is 29.6 Å². The lowest BCUT2D eigenvalue weighted by atomic mass is 9.75. The standard InChI is InChI=1S/C46H50F5N3O5/c1-46(2,3)53-43(56)35-21-20-28-8-5-7-11-34(28)54(35)24-32-22-36(29-14-12-26(25-55)13-15-29)59-45(58-32)30-18-16-27(17-19-30)33-10-6-4-9-31(33)23-52-44(57)37-38(47)40(49)42(51)41(50)39(37)48/h4,6,9-10,12-19,28,32,34-36,45,55H,5,7-8,11,20-25H2,1-3H3,(H,52,57)(H,53,56)/t28-,32+,34-,35-,36-,45-/m1/s1. The van der Waals surface area contributed by atoms with Crippen molar-refractivity contribution in [3.63, 3.8) is 0 Å². The molecule has 59 heavy (non-hydrogen) atoms. The van der Waals surface area contributed by atoms with E-state index < -0.39 is 46.8 Å². The van der Waals surface area contributed by atoms with Crippen LogP contribution in [0.1, 0.15) is 111 Å². The topological polar surface area (TPSA) is 100 Å². The zero-order valence-corrected chi connectivity index (χ0v) is 33.4. The molecule has 2 amide bonds. The molecule has 0 aromatic heterocycles. The monoisotopic (exact) mass is 819 g/mol. The first-order valence-electron chi connectivity index (χ1n) is 20.3. The van der Waals surface area contributed by atoms with Gasteiger partial charge in [0.2, 0.25) is 11.7 Å². The minimum atomic E-state index is -2.34. The molecule has 4 aromatic carbocycles. The molecule has 8 nitrogen and oxygen atoms in total. The molecular formula is C46H50F5N3O5. The van der Waals surface area contributed by atoms with Gasteiger partial charge in [-0.2, -0.15) is 0 Å². The van der Waals surface area contributed by atoms with E-state index in [1.807, 2.05) is 69.3 Å². The summed E-state index contributed by atoms with van der Waals surface area (Å²) in [5.41, 5.74) is 2.45. The van der Waals surface area contributed by atoms with Crippen molar-refractivity contribution in [1.29, 1.82) is 0 Å². The lowest BCUT2D eigenvalue weighted by Gasteiger charge is -2.50.